The molecule has 0 aliphatic carbocycles. The highest BCUT2D eigenvalue weighted by Crippen LogP contribution is 2.05. The maximum Gasteiger partial charge on any atom is 0.286 e. The number of hydrogen-bond acceptors (Lipinski definition) is 5. The summed E-state index contributed by atoms with van der Waals surface area (Å²) in [6.07, 6.45) is 1.32. The van der Waals surface area contributed by atoms with Gasteiger partial charge in [-0.1, -0.05) is 0 Å². The lowest BCUT2D eigenvalue weighted by Crippen LogP contribution is -2.12. The minimum Gasteiger partial charge on any atom is -0.363 e. The highest BCUT2D eigenvalue weighted by Gasteiger charge is 2.10. The number of aromatic amines is 2. The zero-order chi connectivity index (χ0) is 9.26. The van der Waals surface area contributed by atoms with Gasteiger partial charge < -0.3 is 5.73 Å². The van der Waals surface area contributed by atoms with E-state index in [0.29, 0.717) is 5.82 Å². The highest BCUT2D eigenvalue weighted by molar-refractivity contribution is 5.89. The third-order valence-corrected chi connectivity index (χ3v) is 1.35. The highest BCUT2D eigenvalue weighted by atomic mass is 16.1. The normalized spacial score (nSPS) is 10.2. The van der Waals surface area contributed by atoms with Gasteiger partial charge in [-0.3, -0.25) is 15.0 Å². The van der Waals surface area contributed by atoms with Gasteiger partial charge in [0.1, 0.15) is 6.33 Å². The molecule has 0 saturated heterocycles. The van der Waals surface area contributed by atoms with Crippen molar-refractivity contribution in [3.63, 3.8) is 0 Å². The molecule has 0 spiro atoms. The van der Waals surface area contributed by atoms with Crippen LogP contribution in [0.5, 0.6) is 0 Å². The van der Waals surface area contributed by atoms with Crippen LogP contribution in [0.15, 0.2) is 6.33 Å². The fourth-order valence-corrected chi connectivity index (χ4v) is 0.791. The van der Waals surface area contributed by atoms with Crippen LogP contribution in [0, 0.1) is 0 Å². The largest absolute Gasteiger partial charge is 0.363 e. The lowest BCUT2D eigenvalue weighted by molar-refractivity contribution is 0.0991. The molecule has 0 bridgehead atoms. The van der Waals surface area contributed by atoms with Crippen LogP contribution < -0.4 is 5.73 Å². The van der Waals surface area contributed by atoms with Crippen LogP contribution >= 0.6 is 0 Å². The molecule has 0 radical (unpaired) electrons. The first-order valence-corrected chi connectivity index (χ1v) is 3.35. The summed E-state index contributed by atoms with van der Waals surface area (Å²) in [5.41, 5.74) is 4.96. The van der Waals surface area contributed by atoms with Gasteiger partial charge in [-0.25, -0.2) is 4.98 Å². The number of nitrogens with two attached hydrogens (primary N) is 1. The van der Waals surface area contributed by atoms with Gasteiger partial charge >= 0.3 is 0 Å². The predicted molar refractivity (Wildman–Crippen MR) is 40.3 cm³/mol. The van der Waals surface area contributed by atoms with E-state index in [0.717, 1.165) is 0 Å². The van der Waals surface area contributed by atoms with Gasteiger partial charge in [0.2, 0.25) is 11.6 Å². The summed E-state index contributed by atoms with van der Waals surface area (Å²) in [7, 11) is 0. The van der Waals surface area contributed by atoms with Crippen LogP contribution in [0.4, 0.5) is 0 Å². The quantitative estimate of drug-likeness (QED) is 0.527. The number of primary amides is 1. The fraction of sp³-hybridized carbons (Fsp3) is 0. The van der Waals surface area contributed by atoms with Crippen LogP contribution in [0.3, 0.4) is 0 Å². The number of nitrogens with zero attached hydrogens (tertiary/aromatic N) is 4. The van der Waals surface area contributed by atoms with Gasteiger partial charge in [-0.15, -0.1) is 5.10 Å². The van der Waals surface area contributed by atoms with Crippen LogP contribution in [0.1, 0.15) is 10.6 Å². The molecule has 2 aromatic rings. The Kier molecular flexibility index (Phi) is 1.51. The topological polar surface area (TPSA) is 126 Å². The Morgan fingerprint density at radius 2 is 2.31 bits per heavy atom. The summed E-state index contributed by atoms with van der Waals surface area (Å²) in [4.78, 5) is 18.2. The van der Waals surface area contributed by atoms with Crippen molar-refractivity contribution in [2.75, 3.05) is 0 Å². The van der Waals surface area contributed by atoms with Gasteiger partial charge in [-0.05, 0) is 0 Å². The molecule has 2 rings (SSSR count). The summed E-state index contributed by atoms with van der Waals surface area (Å²) in [6, 6.07) is 0. The summed E-state index contributed by atoms with van der Waals surface area (Å²) >= 11 is 0. The Hall–Kier alpha value is -2.25. The molecule has 0 atom stereocenters. The minimum absolute atomic E-state index is 0.00796. The standard InChI is InChI=1S/C5H5N7O/c6-2(13)3-9-5(12-11-3)4-7-1-8-10-4/h1H,(H2,6,13)(H,7,8,10)(H,9,11,12). The van der Waals surface area contributed by atoms with Crippen LogP contribution in [0.25, 0.3) is 11.6 Å². The van der Waals surface area contributed by atoms with E-state index < -0.39 is 5.91 Å². The second-order valence-electron chi connectivity index (χ2n) is 2.21. The maximum absolute atomic E-state index is 10.6. The lowest BCUT2D eigenvalue weighted by atomic mass is 10.5. The Labute approximate surface area is 71.6 Å². The van der Waals surface area contributed by atoms with E-state index in [2.05, 4.69) is 30.4 Å². The number of rotatable bonds is 2. The van der Waals surface area contributed by atoms with Gasteiger partial charge in [0.05, 0.1) is 0 Å². The SMILES string of the molecule is NC(=O)c1nc(-c2ncn[nH]2)n[nH]1. The zero-order valence-electron chi connectivity index (χ0n) is 6.35. The Balaban J connectivity index is 2.39. The smallest absolute Gasteiger partial charge is 0.286 e. The van der Waals surface area contributed by atoms with Crippen molar-refractivity contribution in [3.8, 4) is 11.6 Å². The first-order chi connectivity index (χ1) is 6.27. The molecular weight excluding hydrogens is 174 g/mol. The number of aromatic nitrogens is 6. The first kappa shape index (κ1) is 7.40. The van der Waals surface area contributed by atoms with E-state index in [1.165, 1.54) is 6.33 Å². The third kappa shape index (κ3) is 1.24. The number of H-pyrrole nitrogens is 2. The number of carbonyl (C=O) groups excluding carboxylic acids is 1. The number of carbonyl (C=O) groups is 1. The Morgan fingerprint density at radius 3 is 2.85 bits per heavy atom. The summed E-state index contributed by atoms with van der Waals surface area (Å²) in [5, 5.41) is 12.2. The van der Waals surface area contributed by atoms with Crippen molar-refractivity contribution < 1.29 is 4.79 Å². The van der Waals surface area contributed by atoms with E-state index in [-0.39, 0.29) is 11.6 Å². The van der Waals surface area contributed by atoms with Crippen molar-refractivity contribution in [3.05, 3.63) is 12.2 Å². The van der Waals surface area contributed by atoms with E-state index in [1.807, 2.05) is 0 Å². The van der Waals surface area contributed by atoms with Gasteiger partial charge in [0.25, 0.3) is 5.91 Å². The van der Waals surface area contributed by atoms with Gasteiger partial charge in [0, 0.05) is 0 Å². The molecule has 2 heterocycles. The second kappa shape index (κ2) is 2.66. The molecule has 0 unspecified atom stereocenters. The van der Waals surface area contributed by atoms with E-state index in [1.54, 1.807) is 0 Å². The number of hydrogen-bond donors (Lipinski definition) is 3. The molecule has 1 amide bonds. The van der Waals surface area contributed by atoms with Crippen LogP contribution in [0.2, 0.25) is 0 Å². The van der Waals surface area contributed by atoms with E-state index >= 15 is 0 Å². The van der Waals surface area contributed by atoms with Crippen molar-refractivity contribution in [1.82, 2.24) is 30.4 Å². The van der Waals surface area contributed by atoms with E-state index in [4.69, 9.17) is 5.73 Å². The first-order valence-electron chi connectivity index (χ1n) is 3.35. The molecule has 8 nitrogen and oxygen atoms in total. The molecule has 13 heavy (non-hydrogen) atoms. The number of nitrogens with one attached hydrogen (secondary N) is 2. The van der Waals surface area contributed by atoms with Gasteiger partial charge in [-0.2, -0.15) is 10.1 Å². The molecule has 0 aliphatic rings. The van der Waals surface area contributed by atoms with Crippen molar-refractivity contribution >= 4 is 5.91 Å². The third-order valence-electron chi connectivity index (χ3n) is 1.35. The van der Waals surface area contributed by atoms with Gasteiger partial charge in [0.15, 0.2) is 5.82 Å². The molecule has 8 heteroatoms. The Morgan fingerprint density at radius 1 is 1.46 bits per heavy atom. The van der Waals surface area contributed by atoms with Crippen LogP contribution in [-0.4, -0.2) is 36.3 Å². The Bertz CT molecular complexity index is 416. The maximum atomic E-state index is 10.6. The summed E-state index contributed by atoms with van der Waals surface area (Å²) in [6.45, 7) is 0. The zero-order valence-corrected chi connectivity index (χ0v) is 6.35. The average molecular weight is 179 g/mol. The molecule has 2 aromatic heterocycles. The van der Waals surface area contributed by atoms with Crippen LogP contribution in [-0.2, 0) is 0 Å². The molecule has 0 aliphatic heterocycles. The van der Waals surface area contributed by atoms with Crippen molar-refractivity contribution in [2.45, 2.75) is 0 Å². The monoisotopic (exact) mass is 179 g/mol. The van der Waals surface area contributed by atoms with E-state index in [9.17, 15) is 4.79 Å². The second-order valence-corrected chi connectivity index (χ2v) is 2.21. The molecule has 4 N–H and O–H groups in total. The minimum atomic E-state index is -0.668. The van der Waals surface area contributed by atoms with Crippen molar-refractivity contribution in [1.29, 1.82) is 0 Å². The fourth-order valence-electron chi connectivity index (χ4n) is 0.791. The average Bonchev–Trinajstić information content (AvgIpc) is 2.75. The summed E-state index contributed by atoms with van der Waals surface area (Å²) in [5.74, 6) is -0.0419. The molecule has 0 aromatic carbocycles. The molecule has 66 valence electrons. The number of amides is 1. The predicted octanol–water partition coefficient (Wildman–Crippen LogP) is -1.31. The molecular formula is C5H5N7O. The van der Waals surface area contributed by atoms with Crippen molar-refractivity contribution in [2.24, 2.45) is 5.73 Å². The molecule has 0 saturated carbocycles. The molecule has 0 fully saturated rings. The summed E-state index contributed by atoms with van der Waals surface area (Å²) < 4.78 is 0. The lowest BCUT2D eigenvalue weighted by Gasteiger charge is -1.82.